The molecule has 34 heavy (non-hydrogen) atoms. The van der Waals surface area contributed by atoms with E-state index in [9.17, 15) is 17.6 Å². The summed E-state index contributed by atoms with van der Waals surface area (Å²) in [5.41, 5.74) is 2.60. The van der Waals surface area contributed by atoms with Crippen molar-refractivity contribution in [1.82, 2.24) is 9.97 Å². The van der Waals surface area contributed by atoms with Crippen molar-refractivity contribution in [3.05, 3.63) is 84.4 Å². The van der Waals surface area contributed by atoms with E-state index in [2.05, 4.69) is 25.1 Å². The van der Waals surface area contributed by atoms with Crippen LogP contribution in [0.5, 0.6) is 0 Å². The minimum absolute atomic E-state index is 0.347. The Morgan fingerprint density at radius 3 is 1.91 bits per heavy atom. The van der Waals surface area contributed by atoms with Crippen LogP contribution in [0.25, 0.3) is 10.9 Å². The Labute approximate surface area is 193 Å². The minimum Gasteiger partial charge on any atom is -0.368 e. The van der Waals surface area contributed by atoms with Gasteiger partial charge in [0.05, 0.1) is 11.1 Å². The van der Waals surface area contributed by atoms with Crippen LogP contribution in [0.1, 0.15) is 5.56 Å². The molecule has 1 aromatic heterocycles. The third kappa shape index (κ3) is 4.59. The van der Waals surface area contributed by atoms with Gasteiger partial charge in [-0.3, -0.25) is 0 Å². The third-order valence-corrected chi connectivity index (χ3v) is 5.93. The molecule has 0 atom stereocenters. The van der Waals surface area contributed by atoms with E-state index in [0.717, 1.165) is 60.8 Å². The second-order valence-electron chi connectivity index (χ2n) is 8.07. The summed E-state index contributed by atoms with van der Waals surface area (Å²) >= 11 is 0. The van der Waals surface area contributed by atoms with Gasteiger partial charge < -0.3 is 15.1 Å². The molecule has 174 valence electrons. The SMILES string of the molecule is Fc1ccc2c(Nc3ccc(N4CCN(c5ccc(C(F)(F)F)cc5)CC4)cc3)ncnc2c1. The Hall–Kier alpha value is -3.88. The molecule has 1 fully saturated rings. The molecular formula is C25H21F4N5. The number of nitrogens with one attached hydrogen (secondary N) is 1. The van der Waals surface area contributed by atoms with Crippen LogP contribution in [0.3, 0.4) is 0 Å². The highest BCUT2D eigenvalue weighted by atomic mass is 19.4. The summed E-state index contributed by atoms with van der Waals surface area (Å²) in [5.74, 6) is 0.253. The Balaban J connectivity index is 1.22. The topological polar surface area (TPSA) is 44.3 Å². The molecule has 0 spiro atoms. The molecule has 9 heteroatoms. The van der Waals surface area contributed by atoms with E-state index in [4.69, 9.17) is 0 Å². The predicted octanol–water partition coefficient (Wildman–Crippen LogP) is 5.86. The number of fused-ring (bicyclic) bond motifs is 1. The van der Waals surface area contributed by atoms with E-state index >= 15 is 0 Å². The molecule has 3 aromatic carbocycles. The maximum absolute atomic E-state index is 13.5. The van der Waals surface area contributed by atoms with Gasteiger partial charge in [0.25, 0.3) is 0 Å². The molecule has 1 N–H and O–H groups in total. The Morgan fingerprint density at radius 1 is 0.735 bits per heavy atom. The fraction of sp³-hybridized carbons (Fsp3) is 0.200. The van der Waals surface area contributed by atoms with Crippen molar-refractivity contribution in [2.75, 3.05) is 41.3 Å². The number of alkyl halides is 3. The first kappa shape index (κ1) is 21.9. The number of rotatable bonds is 4. The molecule has 1 aliphatic rings. The zero-order valence-electron chi connectivity index (χ0n) is 18.1. The second kappa shape index (κ2) is 8.81. The second-order valence-corrected chi connectivity index (χ2v) is 8.07. The van der Waals surface area contributed by atoms with Gasteiger partial charge in [0.1, 0.15) is 18.0 Å². The van der Waals surface area contributed by atoms with Gasteiger partial charge in [-0.1, -0.05) is 0 Å². The monoisotopic (exact) mass is 467 g/mol. The molecule has 0 aliphatic carbocycles. The molecule has 0 radical (unpaired) electrons. The first-order chi connectivity index (χ1) is 16.4. The van der Waals surface area contributed by atoms with Crippen LogP contribution < -0.4 is 15.1 Å². The van der Waals surface area contributed by atoms with Crippen LogP contribution in [0, 0.1) is 5.82 Å². The molecule has 2 heterocycles. The van der Waals surface area contributed by atoms with Gasteiger partial charge in [-0.05, 0) is 60.7 Å². The van der Waals surface area contributed by atoms with Gasteiger partial charge in [-0.2, -0.15) is 13.2 Å². The van der Waals surface area contributed by atoms with Gasteiger partial charge in [0.15, 0.2) is 0 Å². The summed E-state index contributed by atoms with van der Waals surface area (Å²) in [6, 6.07) is 17.7. The summed E-state index contributed by atoms with van der Waals surface area (Å²) in [5, 5.41) is 3.99. The number of hydrogen-bond donors (Lipinski definition) is 1. The smallest absolute Gasteiger partial charge is 0.368 e. The lowest BCUT2D eigenvalue weighted by atomic mass is 10.1. The molecule has 0 unspecified atom stereocenters. The van der Waals surface area contributed by atoms with E-state index < -0.39 is 11.7 Å². The maximum Gasteiger partial charge on any atom is 0.416 e. The molecule has 0 bridgehead atoms. The lowest BCUT2D eigenvalue weighted by Gasteiger charge is -2.37. The van der Waals surface area contributed by atoms with Crippen molar-refractivity contribution in [3.63, 3.8) is 0 Å². The van der Waals surface area contributed by atoms with Crippen molar-refractivity contribution in [2.24, 2.45) is 0 Å². The standard InChI is InChI=1S/C25H21F4N5/c26-18-3-10-22-23(15-18)30-16-31-24(22)32-19-4-8-21(9-5-19)34-13-11-33(12-14-34)20-6-1-17(2-7-20)25(27,28)29/h1-10,15-16H,11-14H2,(H,30,31,32). The fourth-order valence-electron chi connectivity index (χ4n) is 4.11. The molecule has 1 saturated heterocycles. The highest BCUT2D eigenvalue weighted by Gasteiger charge is 2.30. The zero-order valence-corrected chi connectivity index (χ0v) is 18.1. The van der Waals surface area contributed by atoms with Gasteiger partial charge in [0.2, 0.25) is 0 Å². The number of piperazine rings is 1. The van der Waals surface area contributed by atoms with Gasteiger partial charge in [-0.15, -0.1) is 0 Å². The van der Waals surface area contributed by atoms with Crippen molar-refractivity contribution in [3.8, 4) is 0 Å². The predicted molar refractivity (Wildman–Crippen MR) is 125 cm³/mol. The van der Waals surface area contributed by atoms with Crippen LogP contribution in [-0.2, 0) is 6.18 Å². The van der Waals surface area contributed by atoms with Crippen molar-refractivity contribution >= 4 is 33.8 Å². The molecule has 5 rings (SSSR count). The van der Waals surface area contributed by atoms with Crippen molar-refractivity contribution in [1.29, 1.82) is 0 Å². The normalized spacial score (nSPS) is 14.5. The van der Waals surface area contributed by atoms with Crippen molar-refractivity contribution in [2.45, 2.75) is 6.18 Å². The van der Waals surface area contributed by atoms with E-state index in [1.165, 1.54) is 30.6 Å². The molecule has 0 saturated carbocycles. The largest absolute Gasteiger partial charge is 0.416 e. The van der Waals surface area contributed by atoms with Gasteiger partial charge in [0, 0.05) is 54.7 Å². The van der Waals surface area contributed by atoms with E-state index in [1.807, 2.05) is 24.3 Å². The quantitative estimate of drug-likeness (QED) is 0.381. The summed E-state index contributed by atoms with van der Waals surface area (Å²) in [4.78, 5) is 12.7. The molecule has 0 amide bonds. The number of anilines is 4. The van der Waals surface area contributed by atoms with Crippen LogP contribution in [0.4, 0.5) is 40.4 Å². The number of halogens is 4. The van der Waals surface area contributed by atoms with E-state index in [1.54, 1.807) is 6.07 Å². The van der Waals surface area contributed by atoms with Crippen LogP contribution in [0.15, 0.2) is 73.1 Å². The van der Waals surface area contributed by atoms with Crippen LogP contribution in [-0.4, -0.2) is 36.1 Å². The van der Waals surface area contributed by atoms with Gasteiger partial charge >= 0.3 is 6.18 Å². The Bertz CT molecular complexity index is 1280. The van der Waals surface area contributed by atoms with Gasteiger partial charge in [-0.25, -0.2) is 14.4 Å². The van der Waals surface area contributed by atoms with E-state index in [-0.39, 0.29) is 5.82 Å². The number of hydrogen-bond acceptors (Lipinski definition) is 5. The Morgan fingerprint density at radius 2 is 1.32 bits per heavy atom. The van der Waals surface area contributed by atoms with E-state index in [0.29, 0.717) is 11.3 Å². The summed E-state index contributed by atoms with van der Waals surface area (Å²) < 4.78 is 51.8. The maximum atomic E-state index is 13.5. The van der Waals surface area contributed by atoms with Crippen LogP contribution >= 0.6 is 0 Å². The first-order valence-corrected chi connectivity index (χ1v) is 10.8. The molecule has 5 nitrogen and oxygen atoms in total. The molecular weight excluding hydrogens is 446 g/mol. The summed E-state index contributed by atoms with van der Waals surface area (Å²) in [6.07, 6.45) is -2.93. The number of nitrogens with zero attached hydrogens (tertiary/aromatic N) is 4. The summed E-state index contributed by atoms with van der Waals surface area (Å²) in [6.45, 7) is 2.95. The average molecular weight is 467 g/mol. The molecule has 1 aliphatic heterocycles. The summed E-state index contributed by atoms with van der Waals surface area (Å²) in [7, 11) is 0. The number of aromatic nitrogens is 2. The third-order valence-electron chi connectivity index (χ3n) is 5.93. The number of benzene rings is 3. The minimum atomic E-state index is -4.32. The van der Waals surface area contributed by atoms with Crippen molar-refractivity contribution < 1.29 is 17.6 Å². The highest BCUT2D eigenvalue weighted by molar-refractivity contribution is 5.90. The lowest BCUT2D eigenvalue weighted by molar-refractivity contribution is -0.137. The molecule has 4 aromatic rings. The zero-order chi connectivity index (χ0) is 23.7. The average Bonchev–Trinajstić information content (AvgIpc) is 2.84. The first-order valence-electron chi connectivity index (χ1n) is 10.8. The highest BCUT2D eigenvalue weighted by Crippen LogP contribution is 2.31. The van der Waals surface area contributed by atoms with Crippen LogP contribution in [0.2, 0.25) is 0 Å². The lowest BCUT2D eigenvalue weighted by Crippen LogP contribution is -2.46. The fourth-order valence-corrected chi connectivity index (χ4v) is 4.11. The Kier molecular flexibility index (Phi) is 5.69.